The second-order valence-corrected chi connectivity index (χ2v) is 9.10. The summed E-state index contributed by atoms with van der Waals surface area (Å²) < 4.78 is 28.0. The molecule has 31 heavy (non-hydrogen) atoms. The Morgan fingerprint density at radius 2 is 1.77 bits per heavy atom. The van der Waals surface area contributed by atoms with Crippen LogP contribution in [0.15, 0.2) is 58.2 Å². The van der Waals surface area contributed by atoms with Crippen LogP contribution in [0.2, 0.25) is 0 Å². The first-order valence-electron chi connectivity index (χ1n) is 10.0. The number of carbonyl (C=O) groups is 1. The summed E-state index contributed by atoms with van der Waals surface area (Å²) in [5.41, 5.74) is 1.73. The van der Waals surface area contributed by atoms with Crippen molar-refractivity contribution < 1.29 is 17.7 Å². The van der Waals surface area contributed by atoms with Crippen LogP contribution in [0.5, 0.6) is 0 Å². The third-order valence-electron chi connectivity index (χ3n) is 5.46. The highest BCUT2D eigenvalue weighted by molar-refractivity contribution is 7.89. The molecule has 0 unspecified atom stereocenters. The number of sulfonamides is 1. The molecule has 1 aliphatic heterocycles. The van der Waals surface area contributed by atoms with Gasteiger partial charge in [0.2, 0.25) is 15.9 Å². The van der Waals surface area contributed by atoms with E-state index in [-0.39, 0.29) is 16.7 Å². The summed E-state index contributed by atoms with van der Waals surface area (Å²) in [6.45, 7) is 1.29. The van der Waals surface area contributed by atoms with E-state index in [1.165, 1.54) is 12.1 Å². The Kier molecular flexibility index (Phi) is 6.10. The fraction of sp³-hybridized carbons (Fsp3) is 0.333. The summed E-state index contributed by atoms with van der Waals surface area (Å²) in [7, 11) is -3.71. The number of carbonyl (C=O) groups excluding carboxylic acids is 1. The molecule has 0 radical (unpaired) electrons. The van der Waals surface area contributed by atoms with Gasteiger partial charge in [0.15, 0.2) is 5.82 Å². The molecule has 9 nitrogen and oxygen atoms in total. The largest absolute Gasteiger partial charge is 0.343 e. The van der Waals surface area contributed by atoms with Gasteiger partial charge in [0.25, 0.3) is 5.89 Å². The van der Waals surface area contributed by atoms with Crippen LogP contribution >= 0.6 is 0 Å². The molecule has 0 atom stereocenters. The lowest BCUT2D eigenvalue weighted by atomic mass is 9.95. The first-order chi connectivity index (χ1) is 14.9. The van der Waals surface area contributed by atoms with Crippen LogP contribution in [0.1, 0.15) is 36.6 Å². The van der Waals surface area contributed by atoms with Gasteiger partial charge in [0.1, 0.15) is 0 Å². The fourth-order valence-corrected chi connectivity index (χ4v) is 4.17. The molecule has 3 heterocycles. The van der Waals surface area contributed by atoms with Crippen molar-refractivity contribution >= 4 is 15.9 Å². The predicted octanol–water partition coefficient (Wildman–Crippen LogP) is 2.12. The zero-order valence-electron chi connectivity index (χ0n) is 16.8. The molecule has 1 fully saturated rings. The molecule has 0 saturated carbocycles. The highest BCUT2D eigenvalue weighted by atomic mass is 32.2. The summed E-state index contributed by atoms with van der Waals surface area (Å²) in [5.74, 6) is 1.40. The number of hydrogen-bond donors (Lipinski definition) is 1. The van der Waals surface area contributed by atoms with E-state index in [0.717, 1.165) is 24.0 Å². The van der Waals surface area contributed by atoms with Gasteiger partial charge in [-0.15, -0.1) is 0 Å². The molecule has 0 aliphatic carbocycles. The maximum atomic E-state index is 12.6. The van der Waals surface area contributed by atoms with E-state index in [1.54, 1.807) is 24.5 Å². The minimum absolute atomic E-state index is 0.0678. The van der Waals surface area contributed by atoms with Gasteiger partial charge in [-0.3, -0.25) is 9.78 Å². The smallest absolute Gasteiger partial charge is 0.258 e. The van der Waals surface area contributed by atoms with Crippen molar-refractivity contribution in [1.29, 1.82) is 0 Å². The Morgan fingerprint density at radius 3 is 2.42 bits per heavy atom. The molecule has 1 amide bonds. The highest BCUT2D eigenvalue weighted by Crippen LogP contribution is 2.28. The van der Waals surface area contributed by atoms with Crippen molar-refractivity contribution in [3.8, 4) is 11.5 Å². The molecule has 162 valence electrons. The molecule has 0 bridgehead atoms. The molecule has 2 aromatic heterocycles. The standard InChI is InChI=1S/C21H23N5O4S/c22-31(28,29)18-4-1-15(2-5-18)3-6-19(27)26-13-9-16(10-14-26)20-24-21(30-25-20)17-7-11-23-12-8-17/h1-2,4-5,7-8,11-12,16H,3,6,9-10,13-14H2,(H2,22,28,29). The lowest BCUT2D eigenvalue weighted by Crippen LogP contribution is -2.38. The normalized spacial score (nSPS) is 15.2. The van der Waals surface area contributed by atoms with Crippen LogP contribution in [-0.2, 0) is 21.2 Å². The van der Waals surface area contributed by atoms with Crippen molar-refractivity contribution in [2.45, 2.75) is 36.5 Å². The Labute approximate surface area is 180 Å². The van der Waals surface area contributed by atoms with Crippen LogP contribution in [0.4, 0.5) is 0 Å². The zero-order chi connectivity index (χ0) is 21.8. The van der Waals surface area contributed by atoms with Crippen LogP contribution in [-0.4, -0.2) is 47.4 Å². The van der Waals surface area contributed by atoms with Gasteiger partial charge >= 0.3 is 0 Å². The Balaban J connectivity index is 1.28. The zero-order valence-corrected chi connectivity index (χ0v) is 17.7. The number of rotatable bonds is 6. The number of likely N-dealkylation sites (tertiary alicyclic amines) is 1. The number of aryl methyl sites for hydroxylation is 1. The topological polar surface area (TPSA) is 132 Å². The van der Waals surface area contributed by atoms with Crippen molar-refractivity contribution in [1.82, 2.24) is 20.0 Å². The first kappa shape index (κ1) is 21.1. The molecule has 3 aromatic rings. The number of amides is 1. The number of nitrogens with zero attached hydrogens (tertiary/aromatic N) is 4. The van der Waals surface area contributed by atoms with E-state index in [9.17, 15) is 13.2 Å². The Hall–Kier alpha value is -3.11. The monoisotopic (exact) mass is 441 g/mol. The number of benzene rings is 1. The SMILES string of the molecule is NS(=O)(=O)c1ccc(CCC(=O)N2CCC(c3noc(-c4ccncc4)n3)CC2)cc1. The molecule has 10 heteroatoms. The number of aromatic nitrogens is 3. The average molecular weight is 442 g/mol. The summed E-state index contributed by atoms with van der Waals surface area (Å²) in [6.07, 6.45) is 5.83. The van der Waals surface area contributed by atoms with Gasteiger partial charge < -0.3 is 9.42 Å². The lowest BCUT2D eigenvalue weighted by molar-refractivity contribution is -0.132. The molecule has 4 rings (SSSR count). The molecule has 0 spiro atoms. The maximum absolute atomic E-state index is 12.6. The van der Waals surface area contributed by atoms with Crippen molar-refractivity contribution in [2.75, 3.05) is 13.1 Å². The lowest BCUT2D eigenvalue weighted by Gasteiger charge is -2.30. The molecule has 1 aliphatic rings. The fourth-order valence-electron chi connectivity index (χ4n) is 3.65. The molecule has 1 saturated heterocycles. The van der Waals surface area contributed by atoms with E-state index in [4.69, 9.17) is 9.66 Å². The van der Waals surface area contributed by atoms with Crippen molar-refractivity contribution in [2.24, 2.45) is 5.14 Å². The van der Waals surface area contributed by atoms with Gasteiger partial charge in [-0.1, -0.05) is 17.3 Å². The van der Waals surface area contributed by atoms with Crippen LogP contribution in [0, 0.1) is 0 Å². The van der Waals surface area contributed by atoms with Crippen molar-refractivity contribution in [3.05, 3.63) is 60.2 Å². The molecule has 2 N–H and O–H groups in total. The highest BCUT2D eigenvalue weighted by Gasteiger charge is 2.27. The second-order valence-electron chi connectivity index (χ2n) is 7.54. The predicted molar refractivity (Wildman–Crippen MR) is 112 cm³/mol. The van der Waals surface area contributed by atoms with E-state index in [1.807, 2.05) is 17.0 Å². The number of primary sulfonamides is 1. The minimum atomic E-state index is -3.71. The quantitative estimate of drug-likeness (QED) is 0.619. The third-order valence-corrected chi connectivity index (χ3v) is 6.39. The summed E-state index contributed by atoms with van der Waals surface area (Å²) in [6, 6.07) is 9.95. The summed E-state index contributed by atoms with van der Waals surface area (Å²) in [5, 5.41) is 9.23. The minimum Gasteiger partial charge on any atom is -0.343 e. The average Bonchev–Trinajstić information content (AvgIpc) is 3.28. The number of pyridine rings is 1. The summed E-state index contributed by atoms with van der Waals surface area (Å²) >= 11 is 0. The Bertz CT molecular complexity index is 1140. The van der Waals surface area contributed by atoms with Gasteiger partial charge in [0, 0.05) is 43.4 Å². The second kappa shape index (κ2) is 8.94. The summed E-state index contributed by atoms with van der Waals surface area (Å²) in [4.78, 5) is 23.0. The number of piperidine rings is 1. The van der Waals surface area contributed by atoms with E-state index in [2.05, 4.69) is 15.1 Å². The van der Waals surface area contributed by atoms with Gasteiger partial charge in [-0.25, -0.2) is 13.6 Å². The van der Waals surface area contributed by atoms with Crippen LogP contribution in [0.25, 0.3) is 11.5 Å². The van der Waals surface area contributed by atoms with Gasteiger partial charge in [0.05, 0.1) is 4.90 Å². The number of hydrogen-bond acceptors (Lipinski definition) is 7. The Morgan fingerprint density at radius 1 is 1.10 bits per heavy atom. The van der Waals surface area contributed by atoms with Gasteiger partial charge in [-0.05, 0) is 49.1 Å². The maximum Gasteiger partial charge on any atom is 0.258 e. The van der Waals surface area contributed by atoms with Crippen LogP contribution in [0.3, 0.4) is 0 Å². The van der Waals surface area contributed by atoms with Gasteiger partial charge in [-0.2, -0.15) is 4.98 Å². The number of nitrogens with two attached hydrogens (primary N) is 1. The van der Waals surface area contributed by atoms with Crippen LogP contribution < -0.4 is 5.14 Å². The molecular formula is C21H23N5O4S. The van der Waals surface area contributed by atoms with E-state index in [0.29, 0.717) is 37.6 Å². The third kappa shape index (κ3) is 5.15. The first-order valence-corrected chi connectivity index (χ1v) is 11.6. The molecular weight excluding hydrogens is 418 g/mol. The van der Waals surface area contributed by atoms with Crippen molar-refractivity contribution in [3.63, 3.8) is 0 Å². The van der Waals surface area contributed by atoms with E-state index >= 15 is 0 Å². The van der Waals surface area contributed by atoms with E-state index < -0.39 is 10.0 Å². The molecule has 1 aromatic carbocycles.